The molecule has 0 fully saturated rings. The molecule has 1 rings (SSSR count). The smallest absolute Gasteiger partial charge is 0.123 e. The minimum absolute atomic E-state index is 0.0632. The molecule has 2 atom stereocenters. The summed E-state index contributed by atoms with van der Waals surface area (Å²) in [6, 6.07) is 4.09. The van der Waals surface area contributed by atoms with Crippen LogP contribution in [0.4, 0.5) is 4.39 Å². The van der Waals surface area contributed by atoms with E-state index in [1.54, 1.807) is 13.8 Å². The molecule has 0 aliphatic rings. The molecule has 0 saturated carbocycles. The third kappa shape index (κ3) is 3.43. The highest BCUT2D eigenvalue weighted by atomic mass is 19.1. The van der Waals surface area contributed by atoms with Crippen LogP contribution in [0.5, 0.6) is 5.75 Å². The van der Waals surface area contributed by atoms with Gasteiger partial charge in [-0.05, 0) is 29.7 Å². The molecule has 0 aliphatic carbocycles. The highest BCUT2D eigenvalue weighted by Gasteiger charge is 2.39. The molecule has 4 nitrogen and oxygen atoms in total. The quantitative estimate of drug-likeness (QED) is 0.724. The Hall–Kier alpha value is -1.17. The zero-order chi connectivity index (χ0) is 14.6. The molecule has 0 aromatic heterocycles. The number of benzene rings is 1. The van der Waals surface area contributed by atoms with Gasteiger partial charge in [0.15, 0.2) is 0 Å². The van der Waals surface area contributed by atoms with Crippen LogP contribution >= 0.6 is 0 Å². The Morgan fingerprint density at radius 1 is 1.42 bits per heavy atom. The molecule has 5 heteroatoms. The van der Waals surface area contributed by atoms with E-state index in [0.717, 1.165) is 0 Å². The van der Waals surface area contributed by atoms with E-state index in [2.05, 4.69) is 0 Å². The third-order valence-corrected chi connectivity index (χ3v) is 3.52. The van der Waals surface area contributed by atoms with Gasteiger partial charge in [0.1, 0.15) is 11.6 Å². The number of methoxy groups -OCH3 is 1. The lowest BCUT2D eigenvalue weighted by Gasteiger charge is -2.36. The maximum atomic E-state index is 13.3. The number of halogens is 1. The van der Waals surface area contributed by atoms with E-state index in [1.807, 2.05) is 0 Å². The molecule has 0 radical (unpaired) electrons. The fourth-order valence-corrected chi connectivity index (χ4v) is 2.10. The topological polar surface area (TPSA) is 75.7 Å². The Morgan fingerprint density at radius 2 is 2.05 bits per heavy atom. The summed E-state index contributed by atoms with van der Waals surface area (Å²) in [4.78, 5) is 0. The Kier molecular flexibility index (Phi) is 5.29. The van der Waals surface area contributed by atoms with Crippen LogP contribution < -0.4 is 10.5 Å². The lowest BCUT2D eigenvalue weighted by Crippen LogP contribution is -2.52. The van der Waals surface area contributed by atoms with Gasteiger partial charge in [-0.15, -0.1) is 0 Å². The summed E-state index contributed by atoms with van der Waals surface area (Å²) in [6.45, 7) is 3.50. The minimum Gasteiger partial charge on any atom is -0.496 e. The van der Waals surface area contributed by atoms with Crippen molar-refractivity contribution in [3.05, 3.63) is 29.6 Å². The number of aliphatic hydroxyl groups excluding tert-OH is 1. The van der Waals surface area contributed by atoms with Crippen LogP contribution in [0, 0.1) is 11.7 Å². The van der Waals surface area contributed by atoms with E-state index < -0.39 is 17.5 Å². The Morgan fingerprint density at radius 3 is 2.53 bits per heavy atom. The fraction of sp³-hybridized carbons (Fsp3) is 0.571. The molecule has 0 spiro atoms. The summed E-state index contributed by atoms with van der Waals surface area (Å²) >= 11 is 0. The average molecular weight is 271 g/mol. The summed E-state index contributed by atoms with van der Waals surface area (Å²) in [5.74, 6) is -0.173. The highest BCUT2D eigenvalue weighted by Crippen LogP contribution is 2.30. The molecule has 108 valence electrons. The molecular formula is C14H22FNO3. The van der Waals surface area contributed by atoms with Gasteiger partial charge < -0.3 is 20.7 Å². The van der Waals surface area contributed by atoms with Crippen LogP contribution in [0.3, 0.4) is 0 Å². The van der Waals surface area contributed by atoms with Gasteiger partial charge in [0.2, 0.25) is 0 Å². The van der Waals surface area contributed by atoms with Crippen molar-refractivity contribution in [2.24, 2.45) is 11.7 Å². The normalized spacial score (nSPS) is 16.2. The van der Waals surface area contributed by atoms with Gasteiger partial charge in [0, 0.05) is 13.0 Å². The number of aliphatic hydroxyl groups is 2. The van der Waals surface area contributed by atoms with E-state index in [1.165, 1.54) is 25.3 Å². The van der Waals surface area contributed by atoms with Gasteiger partial charge in [-0.25, -0.2) is 4.39 Å². The molecule has 1 aromatic carbocycles. The van der Waals surface area contributed by atoms with E-state index in [-0.39, 0.29) is 18.9 Å². The van der Waals surface area contributed by atoms with Gasteiger partial charge in [-0.3, -0.25) is 0 Å². The first-order valence-electron chi connectivity index (χ1n) is 6.28. The van der Waals surface area contributed by atoms with Crippen molar-refractivity contribution in [1.82, 2.24) is 0 Å². The summed E-state index contributed by atoms with van der Waals surface area (Å²) in [5.41, 5.74) is 4.52. The lowest BCUT2D eigenvalue weighted by atomic mass is 9.79. The second-order valence-corrected chi connectivity index (χ2v) is 5.03. The SMILES string of the molecule is COc1ccc(F)cc1CC(O)(C(C)C)C(O)CN. The van der Waals surface area contributed by atoms with Gasteiger partial charge in [0.25, 0.3) is 0 Å². The Labute approximate surface area is 113 Å². The molecule has 0 aliphatic heterocycles. The first-order chi connectivity index (χ1) is 8.85. The predicted octanol–water partition coefficient (Wildman–Crippen LogP) is 1.08. The van der Waals surface area contributed by atoms with Crippen LogP contribution in [-0.4, -0.2) is 35.6 Å². The van der Waals surface area contributed by atoms with Crippen LogP contribution in [0.25, 0.3) is 0 Å². The largest absolute Gasteiger partial charge is 0.496 e. The van der Waals surface area contributed by atoms with E-state index in [0.29, 0.717) is 11.3 Å². The number of rotatable bonds is 6. The van der Waals surface area contributed by atoms with Crippen molar-refractivity contribution in [2.45, 2.75) is 32.0 Å². The van der Waals surface area contributed by atoms with Crippen LogP contribution in [0.15, 0.2) is 18.2 Å². The number of hydrogen-bond acceptors (Lipinski definition) is 4. The molecule has 0 amide bonds. The van der Waals surface area contributed by atoms with E-state index in [4.69, 9.17) is 10.5 Å². The number of ether oxygens (including phenoxy) is 1. The molecule has 19 heavy (non-hydrogen) atoms. The standard InChI is InChI=1S/C14H22FNO3/c1-9(2)14(18,13(17)8-16)7-10-6-11(15)4-5-12(10)19-3/h4-6,9,13,17-18H,7-8,16H2,1-3H3. The molecular weight excluding hydrogens is 249 g/mol. The zero-order valence-electron chi connectivity index (χ0n) is 11.6. The molecule has 1 aromatic rings. The lowest BCUT2D eigenvalue weighted by molar-refractivity contribution is -0.101. The van der Waals surface area contributed by atoms with Gasteiger partial charge >= 0.3 is 0 Å². The Bertz CT molecular complexity index is 425. The molecule has 4 N–H and O–H groups in total. The van der Waals surface area contributed by atoms with Crippen molar-refractivity contribution in [1.29, 1.82) is 0 Å². The minimum atomic E-state index is -1.42. The molecule has 0 saturated heterocycles. The van der Waals surface area contributed by atoms with Crippen LogP contribution in [-0.2, 0) is 6.42 Å². The van der Waals surface area contributed by atoms with Gasteiger partial charge in [0.05, 0.1) is 18.8 Å². The first kappa shape index (κ1) is 15.9. The van der Waals surface area contributed by atoms with Gasteiger partial charge in [-0.1, -0.05) is 13.8 Å². The number of nitrogens with two attached hydrogens (primary N) is 1. The van der Waals surface area contributed by atoms with Crippen molar-refractivity contribution in [3.63, 3.8) is 0 Å². The maximum Gasteiger partial charge on any atom is 0.123 e. The van der Waals surface area contributed by atoms with Gasteiger partial charge in [-0.2, -0.15) is 0 Å². The Balaban J connectivity index is 3.13. The summed E-state index contributed by atoms with van der Waals surface area (Å²) < 4.78 is 18.5. The monoisotopic (exact) mass is 271 g/mol. The van der Waals surface area contributed by atoms with Crippen molar-refractivity contribution < 1.29 is 19.3 Å². The third-order valence-electron chi connectivity index (χ3n) is 3.52. The second-order valence-electron chi connectivity index (χ2n) is 5.03. The van der Waals surface area contributed by atoms with Crippen LogP contribution in [0.1, 0.15) is 19.4 Å². The van der Waals surface area contributed by atoms with E-state index >= 15 is 0 Å². The summed E-state index contributed by atoms with van der Waals surface area (Å²) in [5, 5.41) is 20.5. The number of hydrogen-bond donors (Lipinski definition) is 3. The average Bonchev–Trinajstić information content (AvgIpc) is 2.37. The zero-order valence-corrected chi connectivity index (χ0v) is 11.6. The second kappa shape index (κ2) is 6.32. The maximum absolute atomic E-state index is 13.3. The van der Waals surface area contributed by atoms with Crippen molar-refractivity contribution >= 4 is 0 Å². The summed E-state index contributed by atoms with van der Waals surface area (Å²) in [6.07, 6.45) is -1.01. The van der Waals surface area contributed by atoms with Crippen LogP contribution in [0.2, 0.25) is 0 Å². The highest BCUT2D eigenvalue weighted by molar-refractivity contribution is 5.35. The summed E-state index contributed by atoms with van der Waals surface area (Å²) in [7, 11) is 1.48. The predicted molar refractivity (Wildman–Crippen MR) is 71.5 cm³/mol. The van der Waals surface area contributed by atoms with E-state index in [9.17, 15) is 14.6 Å². The fourth-order valence-electron chi connectivity index (χ4n) is 2.10. The first-order valence-corrected chi connectivity index (χ1v) is 6.28. The molecule has 0 heterocycles. The van der Waals surface area contributed by atoms with Crippen molar-refractivity contribution in [2.75, 3.05) is 13.7 Å². The molecule has 2 unspecified atom stereocenters. The van der Waals surface area contributed by atoms with Crippen molar-refractivity contribution in [3.8, 4) is 5.75 Å². The molecule has 0 bridgehead atoms.